The number of aliphatic hydroxyl groups is 1. The standard InChI is InChI=1S/C23H25NO/c1-2-24-23(20-14-8-4-9-15-20,21-16-10-5-11-17-21)22(25)18-19-12-6-3-7-13-19/h3-17,22,24-25H,2,18H2,1H3. The first-order valence-corrected chi connectivity index (χ1v) is 8.85. The molecular formula is C23H25NO. The molecule has 2 heteroatoms. The molecule has 1 unspecified atom stereocenters. The third kappa shape index (κ3) is 3.65. The first-order chi connectivity index (χ1) is 12.3. The molecular weight excluding hydrogens is 306 g/mol. The Bertz CT molecular complexity index is 716. The molecule has 0 fully saturated rings. The normalized spacial score (nSPS) is 12.7. The smallest absolute Gasteiger partial charge is 0.0957 e. The Hall–Kier alpha value is -2.42. The molecule has 3 aromatic carbocycles. The fourth-order valence-corrected chi connectivity index (χ4v) is 3.54. The predicted molar refractivity (Wildman–Crippen MR) is 103 cm³/mol. The van der Waals surface area contributed by atoms with E-state index in [1.807, 2.05) is 54.6 Å². The topological polar surface area (TPSA) is 32.3 Å². The molecule has 0 heterocycles. The van der Waals surface area contributed by atoms with Gasteiger partial charge in [0.05, 0.1) is 11.6 Å². The molecule has 2 N–H and O–H groups in total. The van der Waals surface area contributed by atoms with Crippen LogP contribution < -0.4 is 5.32 Å². The molecule has 0 saturated heterocycles. The summed E-state index contributed by atoms with van der Waals surface area (Å²) in [5.74, 6) is 0. The lowest BCUT2D eigenvalue weighted by Crippen LogP contribution is -2.53. The highest BCUT2D eigenvalue weighted by atomic mass is 16.3. The van der Waals surface area contributed by atoms with Crippen molar-refractivity contribution in [2.75, 3.05) is 6.54 Å². The lowest BCUT2D eigenvalue weighted by molar-refractivity contribution is 0.0823. The second-order valence-electron chi connectivity index (χ2n) is 6.28. The summed E-state index contributed by atoms with van der Waals surface area (Å²) in [7, 11) is 0. The van der Waals surface area contributed by atoms with E-state index in [1.165, 1.54) is 0 Å². The van der Waals surface area contributed by atoms with Crippen LogP contribution in [0.15, 0.2) is 91.0 Å². The van der Waals surface area contributed by atoms with Gasteiger partial charge in [0.25, 0.3) is 0 Å². The molecule has 0 aliphatic heterocycles. The lowest BCUT2D eigenvalue weighted by Gasteiger charge is -2.40. The number of hydrogen-bond acceptors (Lipinski definition) is 2. The van der Waals surface area contributed by atoms with Crippen molar-refractivity contribution in [1.82, 2.24) is 5.32 Å². The summed E-state index contributed by atoms with van der Waals surface area (Å²) in [4.78, 5) is 0. The maximum atomic E-state index is 11.4. The number of nitrogens with one attached hydrogen (secondary N) is 1. The lowest BCUT2D eigenvalue weighted by atomic mass is 9.76. The van der Waals surface area contributed by atoms with Gasteiger partial charge in [0.1, 0.15) is 0 Å². The van der Waals surface area contributed by atoms with Gasteiger partial charge in [-0.3, -0.25) is 0 Å². The van der Waals surface area contributed by atoms with Gasteiger partial charge in [0.15, 0.2) is 0 Å². The molecule has 0 aromatic heterocycles. The van der Waals surface area contributed by atoms with E-state index in [-0.39, 0.29) is 0 Å². The van der Waals surface area contributed by atoms with Crippen LogP contribution in [-0.4, -0.2) is 17.8 Å². The Labute approximate surface area is 150 Å². The Morgan fingerprint density at radius 1 is 0.760 bits per heavy atom. The highest BCUT2D eigenvalue weighted by Gasteiger charge is 2.40. The van der Waals surface area contributed by atoms with E-state index in [2.05, 4.69) is 48.6 Å². The van der Waals surface area contributed by atoms with Crippen molar-refractivity contribution in [1.29, 1.82) is 0 Å². The van der Waals surface area contributed by atoms with Gasteiger partial charge < -0.3 is 10.4 Å². The van der Waals surface area contributed by atoms with Crippen LogP contribution in [0.1, 0.15) is 23.6 Å². The second kappa shape index (κ2) is 8.11. The number of aliphatic hydroxyl groups excluding tert-OH is 1. The van der Waals surface area contributed by atoms with Crippen LogP contribution in [0.25, 0.3) is 0 Å². The monoisotopic (exact) mass is 331 g/mol. The summed E-state index contributed by atoms with van der Waals surface area (Å²) in [5, 5.41) is 15.0. The third-order valence-electron chi connectivity index (χ3n) is 4.69. The van der Waals surface area contributed by atoms with Crippen molar-refractivity contribution in [2.45, 2.75) is 25.0 Å². The average Bonchev–Trinajstić information content (AvgIpc) is 2.68. The quantitative estimate of drug-likeness (QED) is 0.682. The maximum absolute atomic E-state index is 11.4. The minimum atomic E-state index is -0.646. The third-order valence-corrected chi connectivity index (χ3v) is 4.69. The van der Waals surface area contributed by atoms with Crippen molar-refractivity contribution in [3.05, 3.63) is 108 Å². The number of benzene rings is 3. The van der Waals surface area contributed by atoms with E-state index < -0.39 is 11.6 Å². The Kier molecular flexibility index (Phi) is 5.64. The zero-order valence-electron chi connectivity index (χ0n) is 14.6. The van der Waals surface area contributed by atoms with E-state index in [9.17, 15) is 5.11 Å². The van der Waals surface area contributed by atoms with Crippen molar-refractivity contribution in [3.8, 4) is 0 Å². The van der Waals surface area contributed by atoms with Gasteiger partial charge >= 0.3 is 0 Å². The number of rotatable bonds is 7. The average molecular weight is 331 g/mol. The zero-order chi connectivity index (χ0) is 17.5. The fourth-order valence-electron chi connectivity index (χ4n) is 3.54. The SMILES string of the molecule is CCNC(c1ccccc1)(c1ccccc1)C(O)Cc1ccccc1. The number of hydrogen-bond donors (Lipinski definition) is 2. The fraction of sp³-hybridized carbons (Fsp3) is 0.217. The summed E-state index contributed by atoms with van der Waals surface area (Å²) in [6.07, 6.45) is -0.0166. The molecule has 0 aliphatic rings. The molecule has 1 atom stereocenters. The molecule has 0 aliphatic carbocycles. The van der Waals surface area contributed by atoms with E-state index in [4.69, 9.17) is 0 Å². The van der Waals surface area contributed by atoms with Gasteiger partial charge in [0.2, 0.25) is 0 Å². The molecule has 0 amide bonds. The van der Waals surface area contributed by atoms with Gasteiger partial charge in [-0.1, -0.05) is 97.9 Å². The molecule has 0 saturated carbocycles. The molecule has 3 aromatic rings. The van der Waals surface area contributed by atoms with Crippen LogP contribution >= 0.6 is 0 Å². The van der Waals surface area contributed by atoms with E-state index in [1.54, 1.807) is 0 Å². The van der Waals surface area contributed by atoms with Crippen LogP contribution in [0.5, 0.6) is 0 Å². The van der Waals surface area contributed by atoms with Crippen LogP contribution in [0.2, 0.25) is 0 Å². The molecule has 2 nitrogen and oxygen atoms in total. The molecule has 0 radical (unpaired) electrons. The summed E-state index contributed by atoms with van der Waals surface area (Å²) in [6.45, 7) is 2.84. The van der Waals surface area contributed by atoms with Crippen LogP contribution in [-0.2, 0) is 12.0 Å². The first-order valence-electron chi connectivity index (χ1n) is 8.85. The highest BCUT2D eigenvalue weighted by molar-refractivity contribution is 5.41. The van der Waals surface area contributed by atoms with Crippen molar-refractivity contribution in [3.63, 3.8) is 0 Å². The summed E-state index contributed by atoms with van der Waals surface area (Å²) in [5.41, 5.74) is 2.63. The molecule has 25 heavy (non-hydrogen) atoms. The molecule has 128 valence electrons. The van der Waals surface area contributed by atoms with E-state index >= 15 is 0 Å². The highest BCUT2D eigenvalue weighted by Crippen LogP contribution is 2.34. The van der Waals surface area contributed by atoms with Crippen molar-refractivity contribution < 1.29 is 5.11 Å². The predicted octanol–water partition coefficient (Wildman–Crippen LogP) is 4.14. The Morgan fingerprint density at radius 2 is 1.20 bits per heavy atom. The number of likely N-dealkylation sites (N-methyl/N-ethyl adjacent to an activating group) is 1. The van der Waals surface area contributed by atoms with Crippen LogP contribution in [0, 0.1) is 0 Å². The largest absolute Gasteiger partial charge is 0.390 e. The van der Waals surface area contributed by atoms with Gasteiger partial charge in [-0.05, 0) is 23.2 Å². The first kappa shape index (κ1) is 17.4. The molecule has 0 spiro atoms. The van der Waals surface area contributed by atoms with Crippen LogP contribution in [0.3, 0.4) is 0 Å². The Morgan fingerprint density at radius 3 is 1.64 bits per heavy atom. The van der Waals surface area contributed by atoms with Gasteiger partial charge in [-0.25, -0.2) is 0 Å². The zero-order valence-corrected chi connectivity index (χ0v) is 14.6. The Balaban J connectivity index is 2.10. The van der Waals surface area contributed by atoms with Crippen LogP contribution in [0.4, 0.5) is 0 Å². The van der Waals surface area contributed by atoms with Crippen molar-refractivity contribution in [2.24, 2.45) is 0 Å². The van der Waals surface area contributed by atoms with E-state index in [0.717, 1.165) is 23.2 Å². The summed E-state index contributed by atoms with van der Waals surface area (Å²) >= 11 is 0. The molecule has 3 rings (SSSR count). The van der Waals surface area contributed by atoms with Gasteiger partial charge in [-0.2, -0.15) is 0 Å². The second-order valence-corrected chi connectivity index (χ2v) is 6.28. The summed E-state index contributed by atoms with van der Waals surface area (Å²) < 4.78 is 0. The van der Waals surface area contributed by atoms with Gasteiger partial charge in [0, 0.05) is 6.42 Å². The van der Waals surface area contributed by atoms with Crippen molar-refractivity contribution >= 4 is 0 Å². The summed E-state index contributed by atoms with van der Waals surface area (Å²) in [6, 6.07) is 30.6. The van der Waals surface area contributed by atoms with Gasteiger partial charge in [-0.15, -0.1) is 0 Å². The minimum absolute atomic E-state index is 0.581. The van der Waals surface area contributed by atoms with E-state index in [0.29, 0.717) is 6.42 Å². The molecule has 0 bridgehead atoms. The maximum Gasteiger partial charge on any atom is 0.0957 e. The minimum Gasteiger partial charge on any atom is -0.390 e.